The fourth-order valence-corrected chi connectivity index (χ4v) is 4.32. The molecule has 1 fully saturated rings. The van der Waals surface area contributed by atoms with Crippen LogP contribution in [-0.2, 0) is 32.2 Å². The Morgan fingerprint density at radius 3 is 2.32 bits per heavy atom. The predicted molar refractivity (Wildman–Crippen MR) is 141 cm³/mol. The van der Waals surface area contributed by atoms with Gasteiger partial charge in [0.2, 0.25) is 5.91 Å². The molecular weight excluding hydrogens is 472 g/mol. The van der Waals surface area contributed by atoms with E-state index in [9.17, 15) is 14.7 Å². The summed E-state index contributed by atoms with van der Waals surface area (Å²) in [5, 5.41) is 20.9. The van der Waals surface area contributed by atoms with E-state index in [2.05, 4.69) is 16.8 Å². The van der Waals surface area contributed by atoms with Gasteiger partial charge in [0, 0.05) is 44.5 Å². The number of benzene rings is 2. The molecule has 3 N–H and O–H groups in total. The van der Waals surface area contributed by atoms with Crippen LogP contribution in [0, 0.1) is 0 Å². The van der Waals surface area contributed by atoms with Crippen molar-refractivity contribution in [2.24, 2.45) is 0 Å². The van der Waals surface area contributed by atoms with Crippen molar-refractivity contribution in [3.05, 3.63) is 83.4 Å². The number of hydrogen-bond donors (Lipinski definition) is 3. The van der Waals surface area contributed by atoms with Crippen molar-refractivity contribution in [3.8, 4) is 0 Å². The highest BCUT2D eigenvalue weighted by molar-refractivity contribution is 5.75. The molecule has 1 aliphatic rings. The molecule has 0 bridgehead atoms. The summed E-state index contributed by atoms with van der Waals surface area (Å²) in [6.07, 6.45) is 3.33. The molecular formula is C29H38N2O6. The van der Waals surface area contributed by atoms with Crippen LogP contribution in [0.5, 0.6) is 0 Å². The molecule has 0 spiro atoms. The van der Waals surface area contributed by atoms with Crippen molar-refractivity contribution in [2.45, 2.75) is 63.8 Å². The second kappa shape index (κ2) is 14.6. The van der Waals surface area contributed by atoms with Gasteiger partial charge in [-0.25, -0.2) is 0 Å². The number of aliphatic carboxylic acids is 1. The molecule has 8 nitrogen and oxygen atoms in total. The number of ether oxygens (including phenoxy) is 2. The van der Waals surface area contributed by atoms with E-state index in [-0.39, 0.29) is 31.1 Å². The van der Waals surface area contributed by atoms with E-state index >= 15 is 0 Å². The Bertz CT molecular complexity index is 1010. The zero-order chi connectivity index (χ0) is 26.6. The van der Waals surface area contributed by atoms with Gasteiger partial charge in [0.15, 0.2) is 6.29 Å². The van der Waals surface area contributed by atoms with E-state index in [4.69, 9.17) is 14.6 Å². The molecule has 8 heteroatoms. The highest BCUT2D eigenvalue weighted by atomic mass is 16.7. The molecule has 2 aromatic carbocycles. The first-order chi connectivity index (χ1) is 17.9. The van der Waals surface area contributed by atoms with Gasteiger partial charge < -0.3 is 29.9 Å². The minimum atomic E-state index is -0.840. The van der Waals surface area contributed by atoms with Gasteiger partial charge in [-0.2, -0.15) is 0 Å². The number of carbonyl (C=O) groups is 2. The Kier molecular flexibility index (Phi) is 11.3. The summed E-state index contributed by atoms with van der Waals surface area (Å²) in [5.74, 6) is -0.928. The van der Waals surface area contributed by atoms with Crippen LogP contribution in [0.25, 0.3) is 0 Å². The molecule has 1 saturated heterocycles. The fraction of sp³-hybridized carbons (Fsp3) is 0.448. The molecule has 1 heterocycles. The predicted octanol–water partition coefficient (Wildman–Crippen LogP) is 4.10. The molecule has 3 unspecified atom stereocenters. The molecule has 0 aromatic heterocycles. The Hall–Kier alpha value is -3.04. The third-order valence-corrected chi connectivity index (χ3v) is 6.36. The number of nitrogens with one attached hydrogen (secondary N) is 1. The van der Waals surface area contributed by atoms with E-state index in [0.29, 0.717) is 32.2 Å². The summed E-state index contributed by atoms with van der Waals surface area (Å²) < 4.78 is 12.7. The van der Waals surface area contributed by atoms with E-state index in [0.717, 1.165) is 35.3 Å². The van der Waals surface area contributed by atoms with Crippen LogP contribution in [-0.4, -0.2) is 53.2 Å². The Labute approximate surface area is 218 Å². The van der Waals surface area contributed by atoms with Crippen LogP contribution in [0.15, 0.2) is 61.2 Å². The average Bonchev–Trinajstić information content (AvgIpc) is 2.90. The largest absolute Gasteiger partial charge is 0.481 e. The van der Waals surface area contributed by atoms with Gasteiger partial charge in [-0.3, -0.25) is 9.59 Å². The SMILES string of the molecule is C=CCN(C)CC1CC(c2ccc(CO)cc2)OC(c2ccc(CNC(=O)CCCCC(=O)O)cc2)O1. The second-order valence-electron chi connectivity index (χ2n) is 9.48. The fourth-order valence-electron chi connectivity index (χ4n) is 4.32. The van der Waals surface area contributed by atoms with Crippen molar-refractivity contribution in [1.29, 1.82) is 0 Å². The lowest BCUT2D eigenvalue weighted by Gasteiger charge is -2.37. The zero-order valence-corrected chi connectivity index (χ0v) is 21.5. The van der Waals surface area contributed by atoms with E-state index in [1.54, 1.807) is 0 Å². The molecule has 200 valence electrons. The lowest BCUT2D eigenvalue weighted by Crippen LogP contribution is -2.37. The first-order valence-corrected chi connectivity index (χ1v) is 12.7. The van der Waals surface area contributed by atoms with Gasteiger partial charge in [-0.05, 0) is 36.6 Å². The van der Waals surface area contributed by atoms with Crippen LogP contribution < -0.4 is 5.32 Å². The van der Waals surface area contributed by atoms with Gasteiger partial charge in [-0.1, -0.05) is 54.6 Å². The van der Waals surface area contributed by atoms with E-state index in [1.165, 1.54) is 0 Å². The number of rotatable bonds is 14. The molecule has 3 rings (SSSR count). The molecule has 0 aliphatic carbocycles. The lowest BCUT2D eigenvalue weighted by molar-refractivity contribution is -0.252. The smallest absolute Gasteiger partial charge is 0.303 e. The quantitative estimate of drug-likeness (QED) is 0.259. The minimum absolute atomic E-state index is 0.00401. The van der Waals surface area contributed by atoms with Crippen LogP contribution in [0.1, 0.15) is 66.8 Å². The number of hydrogen-bond acceptors (Lipinski definition) is 6. The van der Waals surface area contributed by atoms with Crippen LogP contribution in [0.2, 0.25) is 0 Å². The van der Waals surface area contributed by atoms with Crippen molar-refractivity contribution < 1.29 is 29.3 Å². The molecule has 3 atom stereocenters. The number of carboxylic acid groups (broad SMARTS) is 1. The van der Waals surface area contributed by atoms with Crippen molar-refractivity contribution in [3.63, 3.8) is 0 Å². The first kappa shape index (κ1) is 28.5. The van der Waals surface area contributed by atoms with Gasteiger partial charge in [0.1, 0.15) is 0 Å². The average molecular weight is 511 g/mol. The molecule has 2 aromatic rings. The Morgan fingerprint density at radius 2 is 1.68 bits per heavy atom. The summed E-state index contributed by atoms with van der Waals surface area (Å²) in [6.45, 7) is 5.73. The number of likely N-dealkylation sites (N-methyl/N-ethyl adjacent to an activating group) is 1. The molecule has 0 saturated carbocycles. The third-order valence-electron chi connectivity index (χ3n) is 6.36. The number of unbranched alkanes of at least 4 members (excludes halogenated alkanes) is 1. The topological polar surface area (TPSA) is 108 Å². The van der Waals surface area contributed by atoms with Gasteiger partial charge in [-0.15, -0.1) is 6.58 Å². The van der Waals surface area contributed by atoms with Gasteiger partial charge in [0.25, 0.3) is 0 Å². The highest BCUT2D eigenvalue weighted by Crippen LogP contribution is 2.38. The van der Waals surface area contributed by atoms with Crippen LogP contribution >= 0.6 is 0 Å². The molecule has 1 aliphatic heterocycles. The monoisotopic (exact) mass is 510 g/mol. The summed E-state index contributed by atoms with van der Waals surface area (Å²) in [7, 11) is 2.04. The van der Waals surface area contributed by atoms with Gasteiger partial charge in [0.05, 0.1) is 18.8 Å². The van der Waals surface area contributed by atoms with Crippen molar-refractivity contribution in [1.82, 2.24) is 10.2 Å². The maximum absolute atomic E-state index is 12.0. The zero-order valence-electron chi connectivity index (χ0n) is 21.5. The van der Waals surface area contributed by atoms with E-state index < -0.39 is 12.3 Å². The number of carboxylic acids is 1. The number of nitrogens with zero attached hydrogens (tertiary/aromatic N) is 1. The number of amides is 1. The molecule has 37 heavy (non-hydrogen) atoms. The number of aliphatic hydroxyl groups excluding tert-OH is 1. The van der Waals surface area contributed by atoms with Crippen molar-refractivity contribution in [2.75, 3.05) is 20.1 Å². The van der Waals surface area contributed by atoms with Crippen LogP contribution in [0.4, 0.5) is 0 Å². The second-order valence-corrected chi connectivity index (χ2v) is 9.48. The first-order valence-electron chi connectivity index (χ1n) is 12.7. The molecule has 0 radical (unpaired) electrons. The highest BCUT2D eigenvalue weighted by Gasteiger charge is 2.32. The minimum Gasteiger partial charge on any atom is -0.481 e. The number of carbonyl (C=O) groups excluding carboxylic acids is 1. The van der Waals surface area contributed by atoms with Crippen molar-refractivity contribution >= 4 is 11.9 Å². The maximum Gasteiger partial charge on any atom is 0.303 e. The van der Waals surface area contributed by atoms with Gasteiger partial charge >= 0.3 is 5.97 Å². The van der Waals surface area contributed by atoms with E-state index in [1.807, 2.05) is 61.7 Å². The lowest BCUT2D eigenvalue weighted by atomic mass is 9.99. The standard InChI is InChI=1S/C29H38N2O6/c1-3-16-31(2)19-25-17-26(23-12-10-22(20-32)11-13-23)37-29(36-25)24-14-8-21(9-15-24)18-30-27(33)6-4-5-7-28(34)35/h3,8-15,25-26,29,32H,1,4-7,16-20H2,2H3,(H,30,33)(H,34,35). The summed E-state index contributed by atoms with van der Waals surface area (Å²) in [4.78, 5) is 24.8. The summed E-state index contributed by atoms with van der Waals surface area (Å²) in [6, 6.07) is 15.6. The number of aliphatic hydroxyl groups is 1. The van der Waals surface area contributed by atoms with Crippen LogP contribution in [0.3, 0.4) is 0 Å². The third kappa shape index (κ3) is 9.40. The normalized spacial score (nSPS) is 19.5. The molecule has 1 amide bonds. The Morgan fingerprint density at radius 1 is 1.03 bits per heavy atom. The Balaban J connectivity index is 1.62. The maximum atomic E-state index is 12.0. The summed E-state index contributed by atoms with van der Waals surface area (Å²) >= 11 is 0. The summed E-state index contributed by atoms with van der Waals surface area (Å²) in [5.41, 5.74) is 3.76.